The lowest BCUT2D eigenvalue weighted by Gasteiger charge is -2.51. The third-order valence-electron chi connectivity index (χ3n) is 21.8. The average Bonchev–Trinajstić information content (AvgIpc) is 0.757. The van der Waals surface area contributed by atoms with Crippen LogP contribution in [0.4, 0.5) is 0 Å². The molecule has 53 heteroatoms. The highest BCUT2D eigenvalue weighted by atomic mass is 32.1. The highest BCUT2D eigenvalue weighted by Crippen LogP contribution is 2.41. The molecule has 0 aromatic carbocycles. The van der Waals surface area contributed by atoms with Crippen LogP contribution in [-0.2, 0) is 99.5 Å². The summed E-state index contributed by atoms with van der Waals surface area (Å²) in [4.78, 5) is 13.1. The van der Waals surface area contributed by atoms with E-state index in [2.05, 4.69) is 17.9 Å². The van der Waals surface area contributed by atoms with E-state index in [9.17, 15) is 158 Å². The summed E-state index contributed by atoms with van der Waals surface area (Å²) in [6, 6.07) is -2.02. The van der Waals surface area contributed by atoms with Gasteiger partial charge in [-0.2, -0.15) is 12.6 Å². The number of hydrogen-bond donors (Lipinski definition) is 32. The summed E-state index contributed by atoms with van der Waals surface area (Å²) in [5, 5.41) is 332. The maximum Gasteiger partial charge on any atom is 0.217 e. The smallest absolute Gasteiger partial charge is 0.217 e. The van der Waals surface area contributed by atoms with Gasteiger partial charge in [-0.05, 0) is 12.2 Å². The van der Waals surface area contributed by atoms with Gasteiger partial charge in [-0.1, -0.05) is 0 Å². The fourth-order valence-corrected chi connectivity index (χ4v) is 15.2. The summed E-state index contributed by atoms with van der Waals surface area (Å²) < 4.78 is 118. The molecule has 0 bridgehead atoms. The second-order valence-electron chi connectivity index (χ2n) is 29.7. The topological polar surface area (TPSA) is 821 Å². The standard InChI is InChI=1S/C65H111NO51S/c1-15(76)66-26-32(82)48(110-61-44(94)38(88)49(22(11-73)106-61)111-58-41(91)33(83)27(77)16(5-67)100-58)21(10-72)105-56(26)116-55-37(87)31(81)20(9-71)104-65(55)114-52-25(109-57(98-3-2-4-118)47(97)53(52)115-60-43(93)35(85)29(79)18(7-69)102-60)14-99-64-54(36(86)30(80)19(8-70)103-64)117-63-46(96)40(90)51(24(13-75)108-63)113-62-45(95)39(89)50(23(12-74)107-62)112-59-42(92)34(84)28(78)17(6-68)101-59/h16-65,67-75,77-97,118H,2-14H2,1H3,(H,66,76)/t16?,17?,18?,19?,20?,21?,22?,23?,24?,25?,26-,27-,28-,29+,30+,31+,32?,33?,34?,35?,36?,37?,38?,39?,40?,41-,42-,43-,44-,45-,46-,47-,48+,49-,50-,51+,52+,53?,54-,55-,56-,57-,58+,59+,60-,61-,62-,63+,64+,65-/m0/s1. The first-order chi connectivity index (χ1) is 56.1. The molecular weight excluding hydrogens is 1640 g/mol. The Hall–Kier alpha value is -2.18. The number of ether oxygens (including phenoxy) is 20. The van der Waals surface area contributed by atoms with E-state index in [-0.39, 0.29) is 18.8 Å². The van der Waals surface area contributed by atoms with Gasteiger partial charge in [0, 0.05) is 6.92 Å². The van der Waals surface area contributed by atoms with Crippen LogP contribution in [0.1, 0.15) is 13.3 Å². The van der Waals surface area contributed by atoms with E-state index in [1.807, 2.05) is 0 Å². The molecule has 0 aliphatic carbocycles. The molecule has 118 heavy (non-hydrogen) atoms. The zero-order chi connectivity index (χ0) is 86.5. The monoisotopic (exact) mass is 1750 g/mol. The van der Waals surface area contributed by atoms with Crippen LogP contribution in [0, 0.1) is 0 Å². The molecule has 31 N–H and O–H groups in total. The molecule has 0 radical (unpaired) electrons. The Balaban J connectivity index is 0.923. The Kier molecular flexibility index (Phi) is 36.2. The third-order valence-corrected chi connectivity index (χ3v) is 22.1. The van der Waals surface area contributed by atoms with E-state index >= 15 is 0 Å². The van der Waals surface area contributed by atoms with Crippen molar-refractivity contribution in [2.24, 2.45) is 0 Å². The molecule has 10 heterocycles. The van der Waals surface area contributed by atoms with Crippen molar-refractivity contribution in [3.63, 3.8) is 0 Å². The Morgan fingerprint density at radius 2 is 0.508 bits per heavy atom. The molecule has 10 saturated heterocycles. The Morgan fingerprint density at radius 3 is 0.856 bits per heavy atom. The maximum absolute atomic E-state index is 13.1. The Morgan fingerprint density at radius 1 is 0.254 bits per heavy atom. The summed E-state index contributed by atoms with van der Waals surface area (Å²) in [6.07, 6.45) is -102. The minimum atomic E-state index is -2.41. The molecule has 20 unspecified atom stereocenters. The van der Waals surface area contributed by atoms with Crippen LogP contribution in [0.3, 0.4) is 0 Å². The highest BCUT2D eigenvalue weighted by Gasteiger charge is 2.62. The number of amides is 1. The predicted molar refractivity (Wildman–Crippen MR) is 363 cm³/mol. The summed E-state index contributed by atoms with van der Waals surface area (Å²) in [5.74, 6) is -0.851. The van der Waals surface area contributed by atoms with Crippen molar-refractivity contribution in [2.75, 3.05) is 78.4 Å². The second kappa shape index (κ2) is 43.5. The van der Waals surface area contributed by atoms with Gasteiger partial charge in [0.2, 0.25) is 5.91 Å². The van der Waals surface area contributed by atoms with Gasteiger partial charge >= 0.3 is 0 Å². The molecule has 10 aliphatic heterocycles. The molecule has 0 aromatic rings. The molecule has 50 atom stereocenters. The molecule has 10 aliphatic rings. The molecule has 0 spiro atoms. The Bertz CT molecular complexity index is 2990. The van der Waals surface area contributed by atoms with Crippen LogP contribution in [0.25, 0.3) is 0 Å². The molecule has 0 saturated carbocycles. The van der Waals surface area contributed by atoms with Gasteiger partial charge in [-0.15, -0.1) is 0 Å². The largest absolute Gasteiger partial charge is 0.394 e. The van der Waals surface area contributed by atoms with E-state index in [1.165, 1.54) is 0 Å². The lowest BCUT2D eigenvalue weighted by Crippen LogP contribution is -2.70. The third kappa shape index (κ3) is 21.1. The molecule has 0 aromatic heterocycles. The zero-order valence-electron chi connectivity index (χ0n) is 62.5. The first-order valence-electron chi connectivity index (χ1n) is 37.8. The van der Waals surface area contributed by atoms with Crippen molar-refractivity contribution >= 4 is 18.5 Å². The quantitative estimate of drug-likeness (QED) is 0.0214. The molecule has 52 nitrogen and oxygen atoms in total. The number of aliphatic hydroxyl groups excluding tert-OH is 30. The number of thiol groups is 1. The number of carbonyl (C=O) groups is 1. The number of nitrogens with one attached hydrogen (secondary N) is 1. The van der Waals surface area contributed by atoms with Crippen molar-refractivity contribution in [2.45, 2.75) is 320 Å². The summed E-state index contributed by atoms with van der Waals surface area (Å²) >= 11 is 4.20. The van der Waals surface area contributed by atoms with E-state index in [1.54, 1.807) is 0 Å². The highest BCUT2D eigenvalue weighted by molar-refractivity contribution is 7.80. The van der Waals surface area contributed by atoms with Crippen LogP contribution in [0.2, 0.25) is 0 Å². The van der Waals surface area contributed by atoms with E-state index in [0.29, 0.717) is 0 Å². The minimum Gasteiger partial charge on any atom is -0.394 e. The van der Waals surface area contributed by atoms with E-state index in [4.69, 9.17) is 94.7 Å². The summed E-state index contributed by atoms with van der Waals surface area (Å²) in [6.45, 7) is -10.2. The predicted octanol–water partition coefficient (Wildman–Crippen LogP) is -21.3. The number of aliphatic hydroxyl groups is 30. The van der Waals surface area contributed by atoms with Crippen LogP contribution in [0.15, 0.2) is 0 Å². The van der Waals surface area contributed by atoms with E-state index < -0.39 is 379 Å². The second-order valence-corrected chi connectivity index (χ2v) is 30.1. The molecule has 10 fully saturated rings. The lowest BCUT2D eigenvalue weighted by molar-refractivity contribution is -0.407. The molecular formula is C65H111NO51S. The van der Waals surface area contributed by atoms with E-state index in [0.717, 1.165) is 6.92 Å². The fourth-order valence-electron chi connectivity index (χ4n) is 15.1. The van der Waals surface area contributed by atoms with Crippen LogP contribution < -0.4 is 5.32 Å². The van der Waals surface area contributed by atoms with Crippen LogP contribution >= 0.6 is 12.6 Å². The van der Waals surface area contributed by atoms with Crippen LogP contribution in [0.5, 0.6) is 0 Å². The van der Waals surface area contributed by atoms with Gasteiger partial charge in [-0.3, -0.25) is 4.79 Å². The number of hydrogen-bond acceptors (Lipinski definition) is 52. The fraction of sp³-hybridized carbons (Fsp3) is 0.985. The maximum atomic E-state index is 13.1. The van der Waals surface area contributed by atoms with Gasteiger partial charge in [0.15, 0.2) is 62.9 Å². The van der Waals surface area contributed by atoms with Crippen molar-refractivity contribution in [3.8, 4) is 0 Å². The lowest BCUT2D eigenvalue weighted by atomic mass is 9.94. The van der Waals surface area contributed by atoms with Crippen LogP contribution in [-0.4, -0.2) is 545 Å². The summed E-state index contributed by atoms with van der Waals surface area (Å²) in [5.41, 5.74) is 0. The SMILES string of the molecule is CC(=O)N[C@H]1C(O)[C@H](O[C@@H]2OC(CO)[C@H](O[C@H]3OC(CO)[C@H](O)C(O)[C@@H]3O)C(O)[C@@H]2O)C(CO)O[C@H]1O[C@H]1C(O)[C@H](O)C(CO)O[C@H]1O[C@@H]1C(CO[C@@H]2OC(CO)[C@@H](O)C(O)[C@@H]2O[C@H]2OC(CO)[C@@H](O[C@@H]3OC(CO)[C@H](O[C@H]4OC(CO)[C@H](O)C(O)[C@@H]4O)C(O)[C@@H]3O)C(O)[C@@H]2O)O[C@H](OCCCS)[C@@H](O)C1O[C@@H]1OC(CO)[C@@H](O)C(O)[C@@H]1O. The number of rotatable bonds is 33. The van der Waals surface area contributed by atoms with Gasteiger partial charge in [0.1, 0.15) is 244 Å². The first-order valence-corrected chi connectivity index (χ1v) is 38.4. The number of carbonyl (C=O) groups excluding carboxylic acids is 1. The average molecular weight is 1750 g/mol. The molecule has 1 amide bonds. The van der Waals surface area contributed by atoms with Gasteiger partial charge in [0.25, 0.3) is 0 Å². The zero-order valence-corrected chi connectivity index (χ0v) is 63.4. The summed E-state index contributed by atoms with van der Waals surface area (Å²) in [7, 11) is 0. The molecule has 10 rings (SSSR count). The first kappa shape index (κ1) is 98.0. The Labute approximate surface area is 673 Å². The van der Waals surface area contributed by atoms with Crippen molar-refractivity contribution in [1.82, 2.24) is 5.32 Å². The van der Waals surface area contributed by atoms with Gasteiger partial charge in [-0.25, -0.2) is 0 Å². The normalized spacial score (nSPS) is 51.2. The van der Waals surface area contributed by atoms with Crippen molar-refractivity contribution in [3.05, 3.63) is 0 Å². The van der Waals surface area contributed by atoms with Crippen molar-refractivity contribution < 1.29 is 253 Å². The van der Waals surface area contributed by atoms with Gasteiger partial charge in [0.05, 0.1) is 72.7 Å². The molecule has 688 valence electrons. The van der Waals surface area contributed by atoms with Gasteiger partial charge < -0.3 is 253 Å². The minimum absolute atomic E-state index is 0.118. The van der Waals surface area contributed by atoms with Crippen molar-refractivity contribution in [1.29, 1.82) is 0 Å².